The molecule has 0 spiro atoms. The summed E-state index contributed by atoms with van der Waals surface area (Å²) in [5, 5.41) is 70.7. The molecule has 0 bridgehead atoms. The number of amides is 5. The SMILES string of the molecule is CC(F)(F)c1ccc(C(=O)Nc2csc(-c3ccc(Br)cc3)c2C(=O)O)cc1.CCCc1ccc(C(=O)Nc2csc(-c3ccc(Br)cc3)c2C(=O)O)cc1.COc1ccc(C(=O)Nc2csc(-c3ccc(Cl)cc3)c2C(=O)O)cc1.Cc1cccc(C(=O)Nc2csc(-c3ccc(Cl)cc3)c2C(=O)O)c1.O=C(Nc1csc(-c2ccc(Br)cc2)c1C(=O)O)c1ccccc1. The number of carbonyl (C=O) groups is 10. The smallest absolute Gasteiger partial charge is 0.339 e. The summed E-state index contributed by atoms with van der Waals surface area (Å²) in [5.41, 5.74) is 9.35. The summed E-state index contributed by atoms with van der Waals surface area (Å²) < 4.78 is 34.3. The summed E-state index contributed by atoms with van der Waals surface area (Å²) in [6.45, 7) is 4.77. The zero-order valence-electron chi connectivity index (χ0n) is 68.4. The highest BCUT2D eigenvalue weighted by atomic mass is 79.9. The van der Waals surface area contributed by atoms with E-state index in [1.807, 2.05) is 79.7 Å². The van der Waals surface area contributed by atoms with E-state index in [0.29, 0.717) is 79.4 Å². The van der Waals surface area contributed by atoms with Gasteiger partial charge in [-0.15, -0.1) is 56.7 Å². The van der Waals surface area contributed by atoms with Gasteiger partial charge in [0.05, 0.1) is 59.9 Å². The molecule has 5 heterocycles. The number of carbonyl (C=O) groups excluding carboxylic acids is 5. The lowest BCUT2D eigenvalue weighted by Crippen LogP contribution is -2.14. The molecule has 0 saturated heterocycles. The van der Waals surface area contributed by atoms with Crippen LogP contribution in [0, 0.1) is 6.92 Å². The molecule has 0 radical (unpaired) electrons. The molecule has 0 fully saturated rings. The van der Waals surface area contributed by atoms with Crippen molar-refractivity contribution < 1.29 is 87.0 Å². The van der Waals surface area contributed by atoms with Crippen LogP contribution in [0.3, 0.4) is 0 Å². The molecule has 15 aromatic rings. The second-order valence-electron chi connectivity index (χ2n) is 28.0. The average molecular weight is 2070 g/mol. The molecule has 5 aromatic heterocycles. The number of carboxylic acids is 5. The van der Waals surface area contributed by atoms with Gasteiger partial charge in [-0.3, -0.25) is 24.0 Å². The first-order chi connectivity index (χ1) is 62.2. The number of carboxylic acid groups (broad SMARTS) is 5. The summed E-state index contributed by atoms with van der Waals surface area (Å²) in [6.07, 6.45) is 2.01. The molecule has 10 aromatic carbocycles. The van der Waals surface area contributed by atoms with E-state index in [1.165, 1.54) is 93.6 Å². The Morgan fingerprint density at radius 1 is 0.354 bits per heavy atom. The van der Waals surface area contributed by atoms with Crippen LogP contribution in [0.4, 0.5) is 37.2 Å². The van der Waals surface area contributed by atoms with Gasteiger partial charge in [0.2, 0.25) is 0 Å². The Hall–Kier alpha value is -12.9. The van der Waals surface area contributed by atoms with Crippen LogP contribution in [0.25, 0.3) is 52.2 Å². The molecule has 33 heteroatoms. The average Bonchev–Trinajstić information content (AvgIpc) is 1.67. The number of thiophene rings is 5. The van der Waals surface area contributed by atoms with Gasteiger partial charge in [0.1, 0.15) is 33.6 Å². The van der Waals surface area contributed by atoms with E-state index in [2.05, 4.69) is 81.3 Å². The van der Waals surface area contributed by atoms with Crippen molar-refractivity contribution >= 4 is 215 Å². The number of rotatable bonds is 24. The molecule has 0 atom stereocenters. The first-order valence-electron chi connectivity index (χ1n) is 38.6. The quantitative estimate of drug-likeness (QED) is 0.0269. The molecule has 0 aliphatic rings. The number of alkyl halides is 2. The van der Waals surface area contributed by atoms with E-state index in [1.54, 1.807) is 179 Å². The van der Waals surface area contributed by atoms with Gasteiger partial charge in [0.15, 0.2) is 0 Å². The van der Waals surface area contributed by atoms with E-state index in [4.69, 9.17) is 27.9 Å². The second kappa shape index (κ2) is 45.4. The summed E-state index contributed by atoms with van der Waals surface area (Å²) in [7, 11) is 1.54. The highest BCUT2D eigenvalue weighted by Gasteiger charge is 2.29. The van der Waals surface area contributed by atoms with E-state index in [0.717, 1.165) is 61.0 Å². The van der Waals surface area contributed by atoms with Gasteiger partial charge in [-0.05, 0) is 180 Å². The normalized spacial score (nSPS) is 10.6. The van der Waals surface area contributed by atoms with Crippen LogP contribution in [-0.4, -0.2) is 92.0 Å². The number of anilines is 5. The highest BCUT2D eigenvalue weighted by Crippen LogP contribution is 2.43. The Labute approximate surface area is 798 Å². The maximum Gasteiger partial charge on any atom is 0.339 e. The number of hydrogen-bond donors (Lipinski definition) is 10. The molecule has 15 rings (SSSR count). The fraction of sp³-hybridized carbons (Fsp3) is 0.0722. The maximum atomic E-state index is 13.3. The maximum absolute atomic E-state index is 13.3. The van der Waals surface area contributed by atoms with Crippen molar-refractivity contribution in [1.82, 2.24) is 0 Å². The predicted molar refractivity (Wildman–Crippen MR) is 524 cm³/mol. The van der Waals surface area contributed by atoms with Crippen LogP contribution in [-0.2, 0) is 12.3 Å². The predicted octanol–water partition coefficient (Wildman–Crippen LogP) is 27.8. The van der Waals surface area contributed by atoms with Crippen molar-refractivity contribution in [2.45, 2.75) is 39.5 Å². The largest absolute Gasteiger partial charge is 0.497 e. The molecule has 5 amide bonds. The Kier molecular flexibility index (Phi) is 34.1. The minimum atomic E-state index is -3.00. The molecule has 0 saturated carbocycles. The summed E-state index contributed by atoms with van der Waals surface area (Å²) >= 11 is 28.1. The topological polar surface area (TPSA) is 341 Å². The second-order valence-corrected chi connectivity index (χ2v) is 36.0. The summed E-state index contributed by atoms with van der Waals surface area (Å²) in [5.74, 6) is -9.84. The van der Waals surface area contributed by atoms with Crippen molar-refractivity contribution in [3.8, 4) is 58.0 Å². The van der Waals surface area contributed by atoms with Crippen molar-refractivity contribution in [1.29, 1.82) is 0 Å². The van der Waals surface area contributed by atoms with E-state index < -0.39 is 47.6 Å². The van der Waals surface area contributed by atoms with Crippen LogP contribution in [0.2, 0.25) is 10.0 Å². The number of hydrogen-bond acceptors (Lipinski definition) is 16. The standard InChI is InChI=1S/C21H18BrNO3S.C20H14BrF2NO3S.C19H14ClNO4S.C19H14ClNO3S.C18H12BrNO3S/c1-2-3-13-4-6-15(7-5-13)20(24)23-17-12-27-19(18(17)21(25)26)14-8-10-16(22)11-9-14;1-20(22,23)13-6-2-12(3-7-13)18(25)24-15-10-28-17(16(15)19(26)27)11-4-8-14(21)9-5-11;1-25-14-8-4-12(5-9-14)18(22)21-15-10-26-17(16(15)19(23)24)11-2-6-13(20)7-3-11;1-11-3-2-4-13(9-11)18(22)21-15-10-25-17(16(15)19(23)24)12-5-7-14(20)8-6-12;19-13-8-6-11(7-9-13)16-15(18(22)23)14(10-24-16)20-17(21)12-4-2-1-3-5-12/h4-12H,2-3H2,1H3,(H,23,24)(H,25,26);2-10H,1H3,(H,24,25)(H,26,27);2-10H,1H3,(H,21,22)(H,23,24);2-10H,1H3,(H,21,22)(H,23,24);1-10H,(H,20,21)(H,22,23). The van der Waals surface area contributed by atoms with Gasteiger partial charge < -0.3 is 56.9 Å². The van der Waals surface area contributed by atoms with Crippen molar-refractivity contribution in [2.75, 3.05) is 33.7 Å². The van der Waals surface area contributed by atoms with Crippen LogP contribution >= 0.6 is 128 Å². The Bertz CT molecular complexity index is 6630. The van der Waals surface area contributed by atoms with Crippen LogP contribution in [0.1, 0.15) is 141 Å². The third kappa shape index (κ3) is 25.8. The molecule has 10 N–H and O–H groups in total. The van der Waals surface area contributed by atoms with E-state index in [-0.39, 0.29) is 73.7 Å². The van der Waals surface area contributed by atoms with Gasteiger partial charge in [0.25, 0.3) is 35.5 Å². The molecular formula is C97H72Br3Cl2F2N5O16S5. The summed E-state index contributed by atoms with van der Waals surface area (Å²) in [4.78, 5) is 124. The first kappa shape index (κ1) is 97.7. The molecule has 660 valence electrons. The number of aryl methyl sites for hydroxylation is 2. The van der Waals surface area contributed by atoms with Crippen LogP contribution < -0.4 is 31.3 Å². The van der Waals surface area contributed by atoms with E-state index in [9.17, 15) is 82.3 Å². The monoisotopic (exact) mass is 2070 g/mol. The Morgan fingerprint density at radius 3 is 0.885 bits per heavy atom. The number of aromatic carboxylic acids is 5. The molecule has 0 unspecified atom stereocenters. The van der Waals surface area contributed by atoms with E-state index >= 15 is 0 Å². The minimum absolute atomic E-state index is 0.0163. The van der Waals surface area contributed by atoms with Crippen LogP contribution in [0.15, 0.2) is 289 Å². The zero-order chi connectivity index (χ0) is 93.6. The fourth-order valence-electron chi connectivity index (χ4n) is 12.5. The van der Waals surface area contributed by atoms with Gasteiger partial charge in [-0.2, -0.15) is 0 Å². The van der Waals surface area contributed by atoms with Crippen molar-refractivity contribution in [2.24, 2.45) is 0 Å². The molecule has 21 nitrogen and oxygen atoms in total. The lowest BCUT2D eigenvalue weighted by Gasteiger charge is -2.11. The van der Waals surface area contributed by atoms with Gasteiger partial charge >= 0.3 is 29.8 Å². The molecule has 0 aliphatic heterocycles. The fourth-order valence-corrected chi connectivity index (χ4v) is 18.5. The van der Waals surface area contributed by atoms with Crippen molar-refractivity contribution in [3.63, 3.8) is 0 Å². The number of benzene rings is 10. The highest BCUT2D eigenvalue weighted by molar-refractivity contribution is 9.11. The molecule has 130 heavy (non-hydrogen) atoms. The number of methoxy groups -OCH3 is 1. The van der Waals surface area contributed by atoms with Crippen LogP contribution in [0.5, 0.6) is 5.75 Å². The minimum Gasteiger partial charge on any atom is -0.497 e. The van der Waals surface area contributed by atoms with Crippen molar-refractivity contribution in [3.05, 3.63) is 371 Å². The number of ether oxygens (including phenoxy) is 1. The Balaban J connectivity index is 0.000000157. The zero-order valence-corrected chi connectivity index (χ0v) is 78.7. The number of halogens is 7. The lowest BCUT2D eigenvalue weighted by molar-refractivity contribution is 0.0173. The number of nitrogens with one attached hydrogen (secondary N) is 5. The third-order valence-corrected chi connectivity index (χ3v) is 26.1. The van der Waals surface area contributed by atoms with Gasteiger partial charge in [-0.1, -0.05) is 205 Å². The molecular weight excluding hydrogens is 2000 g/mol. The van der Waals surface area contributed by atoms with Gasteiger partial charge in [-0.25, -0.2) is 32.8 Å². The Morgan fingerprint density at radius 2 is 0.615 bits per heavy atom. The third-order valence-electron chi connectivity index (χ3n) is 18.9. The van der Waals surface area contributed by atoms with Gasteiger partial charge in [0, 0.05) is 90.7 Å². The lowest BCUT2D eigenvalue weighted by atomic mass is 10.1. The molecule has 0 aliphatic carbocycles. The first-order valence-corrected chi connectivity index (χ1v) is 46.1. The summed E-state index contributed by atoms with van der Waals surface area (Å²) in [6, 6.07) is 70.4.